The van der Waals surface area contributed by atoms with Gasteiger partial charge in [-0.2, -0.15) is 18.3 Å². The van der Waals surface area contributed by atoms with Crippen molar-refractivity contribution in [2.45, 2.75) is 11.1 Å². The second kappa shape index (κ2) is 10.4. The van der Waals surface area contributed by atoms with E-state index in [-0.39, 0.29) is 33.0 Å². The number of H-pyrrole nitrogens is 1. The van der Waals surface area contributed by atoms with E-state index in [1.165, 1.54) is 42.0 Å². The van der Waals surface area contributed by atoms with Crippen LogP contribution in [0.1, 0.15) is 5.56 Å². The number of anilines is 2. The molecular formula is C24H15ClF4N6O3S2. The summed E-state index contributed by atoms with van der Waals surface area (Å²) in [7, 11) is -4.39. The van der Waals surface area contributed by atoms with Crippen molar-refractivity contribution in [2.24, 2.45) is 0 Å². The molecule has 0 saturated heterocycles. The zero-order valence-electron chi connectivity index (χ0n) is 19.7. The highest BCUT2D eigenvalue weighted by atomic mass is 35.5. The van der Waals surface area contributed by atoms with Crippen LogP contribution < -0.4 is 15.2 Å². The van der Waals surface area contributed by atoms with Crippen molar-refractivity contribution in [2.75, 3.05) is 10.5 Å². The van der Waals surface area contributed by atoms with Crippen LogP contribution in [0.25, 0.3) is 22.3 Å². The fraction of sp³-hybridized carbons (Fsp3) is 0.0417. The Hall–Kier alpha value is -4.21. The zero-order valence-corrected chi connectivity index (χ0v) is 22.1. The van der Waals surface area contributed by atoms with Gasteiger partial charge >= 0.3 is 6.18 Å². The SMILES string of the molecule is Nc1n[nH]cc1-c1cc(-c2cccc(C(F)(F)F)c2)ccc1Oc1cc(F)c(S(=O)(=O)Nc2nncs2)cc1Cl. The van der Waals surface area contributed by atoms with Gasteiger partial charge in [0.2, 0.25) is 5.13 Å². The maximum Gasteiger partial charge on any atom is 0.416 e. The highest BCUT2D eigenvalue weighted by molar-refractivity contribution is 7.93. The summed E-state index contributed by atoms with van der Waals surface area (Å²) < 4.78 is 88.1. The smallest absolute Gasteiger partial charge is 0.416 e. The van der Waals surface area contributed by atoms with Crippen molar-refractivity contribution in [3.8, 4) is 33.8 Å². The van der Waals surface area contributed by atoms with E-state index < -0.39 is 32.5 Å². The molecule has 0 bridgehead atoms. The summed E-state index contributed by atoms with van der Waals surface area (Å²) in [5.74, 6) is -1.24. The molecule has 0 fully saturated rings. The van der Waals surface area contributed by atoms with E-state index in [4.69, 9.17) is 22.1 Å². The van der Waals surface area contributed by atoms with Crippen LogP contribution in [-0.4, -0.2) is 28.8 Å². The first-order chi connectivity index (χ1) is 18.9. The van der Waals surface area contributed by atoms with Gasteiger partial charge in [-0.05, 0) is 41.5 Å². The quantitative estimate of drug-likeness (QED) is 0.177. The van der Waals surface area contributed by atoms with E-state index in [0.717, 1.165) is 35.6 Å². The van der Waals surface area contributed by atoms with Crippen LogP contribution >= 0.6 is 22.9 Å². The molecule has 0 spiro atoms. The first-order valence-corrected chi connectivity index (χ1v) is 13.7. The molecule has 0 aliphatic rings. The summed E-state index contributed by atoms with van der Waals surface area (Å²) >= 11 is 7.17. The lowest BCUT2D eigenvalue weighted by Crippen LogP contribution is -2.14. The van der Waals surface area contributed by atoms with Crippen LogP contribution in [0.5, 0.6) is 11.5 Å². The second-order valence-corrected chi connectivity index (χ2v) is 11.0. The van der Waals surface area contributed by atoms with Crippen molar-refractivity contribution in [3.05, 3.63) is 82.7 Å². The molecule has 40 heavy (non-hydrogen) atoms. The number of nitrogen functional groups attached to an aromatic ring is 1. The minimum Gasteiger partial charge on any atom is -0.455 e. The Morgan fingerprint density at radius 3 is 2.48 bits per heavy atom. The Morgan fingerprint density at radius 2 is 1.80 bits per heavy atom. The number of nitrogens with two attached hydrogens (primary N) is 1. The number of nitrogens with zero attached hydrogens (tertiary/aromatic N) is 3. The Kier molecular flexibility index (Phi) is 7.12. The van der Waals surface area contributed by atoms with E-state index in [2.05, 4.69) is 25.1 Å². The van der Waals surface area contributed by atoms with Gasteiger partial charge in [-0.15, -0.1) is 10.2 Å². The number of hydrogen-bond donors (Lipinski definition) is 3. The average molecular weight is 611 g/mol. The maximum absolute atomic E-state index is 15.0. The third-order valence-corrected chi connectivity index (χ3v) is 7.93. The highest BCUT2D eigenvalue weighted by Gasteiger charge is 2.30. The number of sulfonamides is 1. The maximum atomic E-state index is 15.0. The number of alkyl halides is 3. The van der Waals surface area contributed by atoms with Gasteiger partial charge in [0.15, 0.2) is 5.82 Å². The third-order valence-electron chi connectivity index (χ3n) is 5.54. The number of ether oxygens (including phenoxy) is 1. The highest BCUT2D eigenvalue weighted by Crippen LogP contribution is 2.42. The van der Waals surface area contributed by atoms with Gasteiger partial charge < -0.3 is 10.5 Å². The molecule has 16 heteroatoms. The molecule has 206 valence electrons. The number of benzene rings is 3. The second-order valence-electron chi connectivity index (χ2n) is 8.14. The van der Waals surface area contributed by atoms with E-state index in [1.54, 1.807) is 0 Å². The number of nitrogens with one attached hydrogen (secondary N) is 2. The molecule has 0 saturated carbocycles. The number of rotatable bonds is 7. The topological polar surface area (TPSA) is 136 Å². The molecule has 3 aromatic carbocycles. The van der Waals surface area contributed by atoms with Crippen LogP contribution in [0.3, 0.4) is 0 Å². The van der Waals surface area contributed by atoms with Gasteiger partial charge in [-0.1, -0.05) is 41.1 Å². The lowest BCUT2D eigenvalue weighted by molar-refractivity contribution is -0.137. The molecule has 2 aromatic heterocycles. The molecule has 0 unspecified atom stereocenters. The van der Waals surface area contributed by atoms with Crippen LogP contribution in [0, 0.1) is 5.82 Å². The zero-order chi connectivity index (χ0) is 28.7. The number of halogens is 5. The van der Waals surface area contributed by atoms with E-state index in [1.807, 2.05) is 0 Å². The molecular weight excluding hydrogens is 596 g/mol. The first-order valence-electron chi connectivity index (χ1n) is 11.0. The van der Waals surface area contributed by atoms with Gasteiger partial charge in [0.1, 0.15) is 27.7 Å². The van der Waals surface area contributed by atoms with Gasteiger partial charge in [0, 0.05) is 23.4 Å². The van der Waals surface area contributed by atoms with Crippen molar-refractivity contribution in [1.82, 2.24) is 20.4 Å². The van der Waals surface area contributed by atoms with Gasteiger partial charge in [-0.25, -0.2) is 12.8 Å². The summed E-state index contributed by atoms with van der Waals surface area (Å²) in [6.07, 6.45) is -3.09. The standard InChI is InChI=1S/C24H15ClF4N6O3S2/c25-17-8-21(40(36,37)35-23-34-32-11-39-23)18(26)9-20(17)38-19-5-4-13(7-15(19)16-10-31-33-22(16)30)12-2-1-3-14(6-12)24(27,28)29/h1-11H,(H,34,35)(H3,30,31,33). The minimum absolute atomic E-state index is 0.0625. The van der Waals surface area contributed by atoms with E-state index >= 15 is 0 Å². The summed E-state index contributed by atoms with van der Waals surface area (Å²) in [6.45, 7) is 0. The predicted molar refractivity (Wildman–Crippen MR) is 141 cm³/mol. The van der Waals surface area contributed by atoms with E-state index in [9.17, 15) is 26.0 Å². The molecule has 9 nitrogen and oxygen atoms in total. The lowest BCUT2D eigenvalue weighted by atomic mass is 9.98. The van der Waals surface area contributed by atoms with Crippen molar-refractivity contribution >= 4 is 43.9 Å². The average Bonchev–Trinajstić information content (AvgIpc) is 3.57. The Labute approximate surface area is 232 Å². The van der Waals surface area contributed by atoms with Crippen molar-refractivity contribution in [3.63, 3.8) is 0 Å². The third kappa shape index (κ3) is 5.57. The number of hydrogen-bond acceptors (Lipinski definition) is 8. The van der Waals surface area contributed by atoms with Crippen LogP contribution in [0.4, 0.5) is 28.5 Å². The molecule has 0 radical (unpaired) electrons. The summed E-state index contributed by atoms with van der Waals surface area (Å²) in [5, 5.41) is 13.2. The Morgan fingerprint density at radius 1 is 1.02 bits per heavy atom. The van der Waals surface area contributed by atoms with Crippen molar-refractivity contribution in [1.29, 1.82) is 0 Å². The molecule has 5 rings (SSSR count). The predicted octanol–water partition coefficient (Wildman–Crippen LogP) is 6.58. The monoisotopic (exact) mass is 610 g/mol. The van der Waals surface area contributed by atoms with Crippen LogP contribution in [-0.2, 0) is 16.2 Å². The summed E-state index contributed by atoms with van der Waals surface area (Å²) in [6, 6.07) is 10.9. The van der Waals surface area contributed by atoms with Gasteiger partial charge in [-0.3, -0.25) is 9.82 Å². The fourth-order valence-corrected chi connectivity index (χ4v) is 5.75. The minimum atomic E-state index is -4.54. The van der Waals surface area contributed by atoms with Gasteiger partial charge in [0.25, 0.3) is 10.0 Å². The Balaban J connectivity index is 1.54. The molecule has 2 heterocycles. The molecule has 5 aromatic rings. The fourth-order valence-electron chi connectivity index (χ4n) is 3.70. The molecule has 0 aliphatic carbocycles. The molecule has 0 amide bonds. The van der Waals surface area contributed by atoms with Crippen LogP contribution in [0.15, 0.2) is 71.2 Å². The largest absolute Gasteiger partial charge is 0.455 e. The van der Waals surface area contributed by atoms with Crippen molar-refractivity contribution < 1.29 is 30.7 Å². The van der Waals surface area contributed by atoms with Crippen LogP contribution in [0.2, 0.25) is 5.02 Å². The molecule has 0 aliphatic heterocycles. The Bertz CT molecular complexity index is 1810. The molecule has 4 N–H and O–H groups in total. The molecule has 0 atom stereocenters. The lowest BCUT2D eigenvalue weighted by Gasteiger charge is -2.15. The van der Waals surface area contributed by atoms with Gasteiger partial charge in [0.05, 0.1) is 10.6 Å². The number of aromatic amines is 1. The van der Waals surface area contributed by atoms with E-state index in [0.29, 0.717) is 16.7 Å². The first kappa shape index (κ1) is 27.4. The summed E-state index contributed by atoms with van der Waals surface area (Å²) in [4.78, 5) is -0.751. The number of aromatic nitrogens is 4. The normalized spacial score (nSPS) is 11.9. The summed E-state index contributed by atoms with van der Waals surface area (Å²) in [5.41, 5.74) is 7.75.